The van der Waals surface area contributed by atoms with Gasteiger partial charge >= 0.3 is 6.09 Å². The number of fused-ring (bicyclic) bond motifs is 5. The van der Waals surface area contributed by atoms with Crippen molar-refractivity contribution >= 4 is 11.9 Å². The maximum Gasteiger partial charge on any atom is 0.410 e. The Balaban J connectivity index is 1.11. The van der Waals surface area contributed by atoms with E-state index in [0.717, 1.165) is 32.1 Å². The molecule has 0 spiro atoms. The first-order valence-corrected chi connectivity index (χ1v) is 12.8. The molecule has 4 aliphatic rings. The number of benzene rings is 2. The molecule has 2 heterocycles. The minimum absolute atomic E-state index is 0.0875. The van der Waals surface area contributed by atoms with Gasteiger partial charge in [-0.15, -0.1) is 0 Å². The number of carbonyl (C=O) groups excluding carboxylic acids is 2. The summed E-state index contributed by atoms with van der Waals surface area (Å²) in [5.41, 5.74) is 4.97. The van der Waals surface area contributed by atoms with Crippen LogP contribution < -0.4 is 0 Å². The fourth-order valence-electron chi connectivity index (χ4n) is 7.07. The molecule has 3 fully saturated rings. The van der Waals surface area contributed by atoms with Gasteiger partial charge in [0.25, 0.3) is 0 Å². The van der Waals surface area contributed by atoms with Crippen molar-refractivity contribution in [2.45, 2.75) is 75.8 Å². The lowest BCUT2D eigenvalue weighted by molar-refractivity contribution is -0.126. The van der Waals surface area contributed by atoms with Crippen molar-refractivity contribution in [3.63, 3.8) is 0 Å². The van der Waals surface area contributed by atoms with Crippen LogP contribution in [-0.4, -0.2) is 35.5 Å². The molecule has 2 aromatic rings. The quantitative estimate of drug-likeness (QED) is 0.543. The lowest BCUT2D eigenvalue weighted by atomic mass is 9.84. The number of ether oxygens (including phenoxy) is 1. The molecule has 2 aliphatic heterocycles. The van der Waals surface area contributed by atoms with Gasteiger partial charge in [0.15, 0.2) is 0 Å². The van der Waals surface area contributed by atoms with Gasteiger partial charge in [-0.05, 0) is 53.9 Å². The third kappa shape index (κ3) is 3.78. The monoisotopic (exact) mass is 443 g/mol. The van der Waals surface area contributed by atoms with E-state index in [9.17, 15) is 9.59 Å². The molecule has 0 N–H and O–H groups in total. The van der Waals surface area contributed by atoms with Gasteiger partial charge in [-0.25, -0.2) is 4.79 Å². The van der Waals surface area contributed by atoms with Gasteiger partial charge in [0.05, 0.1) is 0 Å². The predicted octanol–water partition coefficient (Wildman–Crippen LogP) is 6.33. The van der Waals surface area contributed by atoms with Gasteiger partial charge in [0, 0.05) is 30.3 Å². The molecule has 2 aliphatic carbocycles. The maximum atomic E-state index is 13.2. The summed E-state index contributed by atoms with van der Waals surface area (Å²) in [5, 5.41) is 0. The number of hydrogen-bond donors (Lipinski definition) is 0. The third-order valence-electron chi connectivity index (χ3n) is 8.70. The maximum absolute atomic E-state index is 13.2. The van der Waals surface area contributed by atoms with Crippen molar-refractivity contribution in [3.05, 3.63) is 59.7 Å². The lowest BCUT2D eigenvalue weighted by Gasteiger charge is -2.38. The van der Waals surface area contributed by atoms with Crippen molar-refractivity contribution < 1.29 is 14.3 Å². The van der Waals surface area contributed by atoms with Gasteiger partial charge < -0.3 is 9.64 Å². The van der Waals surface area contributed by atoms with Crippen LogP contribution in [0.15, 0.2) is 48.5 Å². The number of carbonyl (C=O) groups is 2. The number of hydrogen-bond acceptors (Lipinski definition) is 3. The highest BCUT2D eigenvalue weighted by molar-refractivity contribution is 5.82. The van der Waals surface area contributed by atoms with Crippen LogP contribution in [0.4, 0.5) is 4.79 Å². The molecule has 172 valence electrons. The van der Waals surface area contributed by atoms with Gasteiger partial charge in [0.1, 0.15) is 12.4 Å². The lowest BCUT2D eigenvalue weighted by Crippen LogP contribution is -2.48. The van der Waals surface area contributed by atoms with E-state index in [2.05, 4.69) is 48.5 Å². The molecule has 2 aromatic carbocycles. The fraction of sp³-hybridized carbons (Fsp3) is 0.517. The summed E-state index contributed by atoms with van der Waals surface area (Å²) in [5.74, 6) is 1.28. The zero-order chi connectivity index (χ0) is 22.4. The molecule has 33 heavy (non-hydrogen) atoms. The van der Waals surface area contributed by atoms with E-state index in [4.69, 9.17) is 4.74 Å². The van der Waals surface area contributed by atoms with E-state index < -0.39 is 0 Å². The second-order valence-corrected chi connectivity index (χ2v) is 10.6. The standard InChI is InChI=1S/C29H33NO3/c31-28(15-19-7-1-2-8-19)20-16-21-13-14-22(17-20)30(21)29(32)33-18-27-25-11-5-3-9-23(25)24-10-4-6-12-26(24)27/h3-6,9-12,19-22,27H,1-2,7-8,13-18H2. The topological polar surface area (TPSA) is 46.6 Å². The summed E-state index contributed by atoms with van der Waals surface area (Å²) in [6.07, 6.45) is 9.23. The molecule has 6 rings (SSSR count). The van der Waals surface area contributed by atoms with Crippen LogP contribution in [0.5, 0.6) is 0 Å². The van der Waals surface area contributed by atoms with Crippen LogP contribution in [0.3, 0.4) is 0 Å². The molecule has 2 unspecified atom stereocenters. The van der Waals surface area contributed by atoms with E-state index >= 15 is 0 Å². The van der Waals surface area contributed by atoms with Crippen molar-refractivity contribution in [3.8, 4) is 11.1 Å². The van der Waals surface area contributed by atoms with E-state index in [1.165, 1.54) is 47.9 Å². The first kappa shape index (κ1) is 20.9. The first-order valence-electron chi connectivity index (χ1n) is 12.8. The molecule has 2 atom stereocenters. The van der Waals surface area contributed by atoms with Crippen molar-refractivity contribution in [1.29, 1.82) is 0 Å². The molecule has 0 aromatic heterocycles. The second-order valence-electron chi connectivity index (χ2n) is 10.6. The Morgan fingerprint density at radius 1 is 0.818 bits per heavy atom. The number of piperidine rings is 1. The normalized spacial score (nSPS) is 26.3. The van der Waals surface area contributed by atoms with Crippen molar-refractivity contribution in [2.24, 2.45) is 11.8 Å². The predicted molar refractivity (Wildman–Crippen MR) is 128 cm³/mol. The molecular weight excluding hydrogens is 410 g/mol. The van der Waals surface area contributed by atoms with Gasteiger partial charge in [-0.3, -0.25) is 4.79 Å². The fourth-order valence-corrected chi connectivity index (χ4v) is 7.07. The first-order chi connectivity index (χ1) is 16.2. The second kappa shape index (κ2) is 8.62. The Morgan fingerprint density at radius 3 is 2.00 bits per heavy atom. The summed E-state index contributed by atoms with van der Waals surface area (Å²) < 4.78 is 5.97. The average Bonchev–Trinajstić information content (AvgIpc) is 3.53. The highest BCUT2D eigenvalue weighted by Crippen LogP contribution is 2.45. The number of nitrogens with zero attached hydrogens (tertiary/aromatic N) is 1. The largest absolute Gasteiger partial charge is 0.448 e. The minimum Gasteiger partial charge on any atom is -0.448 e. The summed E-state index contributed by atoms with van der Waals surface area (Å²) >= 11 is 0. The molecule has 1 saturated carbocycles. The van der Waals surface area contributed by atoms with Gasteiger partial charge in [0.2, 0.25) is 0 Å². The smallest absolute Gasteiger partial charge is 0.410 e. The Labute approximate surface area is 196 Å². The molecule has 4 heteroatoms. The Bertz CT molecular complexity index is 997. The van der Waals surface area contributed by atoms with Crippen LogP contribution in [0.1, 0.15) is 74.8 Å². The number of Topliss-reactive ketones (excluding diaryl/α,β-unsaturated/α-hetero) is 1. The van der Waals surface area contributed by atoms with E-state index in [-0.39, 0.29) is 30.0 Å². The Hall–Kier alpha value is -2.62. The van der Waals surface area contributed by atoms with Crippen molar-refractivity contribution in [1.82, 2.24) is 4.90 Å². The SMILES string of the molecule is O=C(CC1CCCC1)C1CC2CCC(C1)N2C(=O)OCC1c2ccccc2-c2ccccc21. The number of rotatable bonds is 5. The van der Waals surface area contributed by atoms with Crippen LogP contribution in [0, 0.1) is 11.8 Å². The van der Waals surface area contributed by atoms with Crippen LogP contribution in [-0.2, 0) is 9.53 Å². The van der Waals surface area contributed by atoms with Crippen LogP contribution in [0.25, 0.3) is 11.1 Å². The summed E-state index contributed by atoms with van der Waals surface area (Å²) in [6, 6.07) is 17.2. The molecule has 0 radical (unpaired) electrons. The molecule has 4 nitrogen and oxygen atoms in total. The highest BCUT2D eigenvalue weighted by Gasteiger charge is 2.46. The zero-order valence-corrected chi connectivity index (χ0v) is 19.2. The van der Waals surface area contributed by atoms with Crippen molar-refractivity contribution in [2.75, 3.05) is 6.61 Å². The van der Waals surface area contributed by atoms with E-state index in [1.807, 2.05) is 4.90 Å². The number of amides is 1. The third-order valence-corrected chi connectivity index (χ3v) is 8.70. The van der Waals surface area contributed by atoms with Gasteiger partial charge in [-0.1, -0.05) is 74.2 Å². The molecule has 2 bridgehead atoms. The van der Waals surface area contributed by atoms with E-state index in [1.54, 1.807) is 0 Å². The van der Waals surface area contributed by atoms with Crippen LogP contribution in [0.2, 0.25) is 0 Å². The van der Waals surface area contributed by atoms with Crippen LogP contribution >= 0.6 is 0 Å². The number of ketones is 1. The van der Waals surface area contributed by atoms with Gasteiger partial charge in [-0.2, -0.15) is 0 Å². The molecular formula is C29H33NO3. The average molecular weight is 444 g/mol. The summed E-state index contributed by atoms with van der Waals surface area (Å²) in [6.45, 7) is 0.368. The van der Waals surface area contributed by atoms with E-state index in [0.29, 0.717) is 18.3 Å². The molecule has 2 saturated heterocycles. The Morgan fingerprint density at radius 2 is 1.39 bits per heavy atom. The highest BCUT2D eigenvalue weighted by atomic mass is 16.6. The minimum atomic E-state index is -0.189. The summed E-state index contributed by atoms with van der Waals surface area (Å²) in [7, 11) is 0. The Kier molecular flexibility index (Phi) is 5.48. The molecule has 1 amide bonds. The zero-order valence-electron chi connectivity index (χ0n) is 19.2. The summed E-state index contributed by atoms with van der Waals surface area (Å²) in [4.78, 5) is 28.1.